The van der Waals surface area contributed by atoms with Crippen molar-refractivity contribution in [2.75, 3.05) is 43.5 Å². The number of sulfonamides is 2. The number of ether oxygens (including phenoxy) is 3. The first-order valence-electron chi connectivity index (χ1n) is 9.96. The van der Waals surface area contributed by atoms with Crippen LogP contribution in [0.15, 0.2) is 23.1 Å². The predicted molar refractivity (Wildman–Crippen MR) is 111 cm³/mol. The Bertz CT molecular complexity index is 1100. The molecule has 12 heteroatoms. The summed E-state index contributed by atoms with van der Waals surface area (Å²) in [5.74, 6) is -1.61. The van der Waals surface area contributed by atoms with Crippen LogP contribution in [0.1, 0.15) is 26.7 Å². The van der Waals surface area contributed by atoms with Crippen molar-refractivity contribution in [1.29, 1.82) is 0 Å². The molecule has 3 aliphatic heterocycles. The summed E-state index contributed by atoms with van der Waals surface area (Å²) < 4.78 is 70.7. The second-order valence-corrected chi connectivity index (χ2v) is 12.3. The molecular formula is C19H26N2O8S2. The third-order valence-electron chi connectivity index (χ3n) is 5.88. The number of carbonyl (C=O) groups is 1. The summed E-state index contributed by atoms with van der Waals surface area (Å²) in [7, 11) is -6.61. The van der Waals surface area contributed by atoms with Crippen molar-refractivity contribution in [2.24, 2.45) is 5.41 Å². The molecule has 31 heavy (non-hydrogen) atoms. The van der Waals surface area contributed by atoms with Crippen LogP contribution in [0.2, 0.25) is 0 Å². The van der Waals surface area contributed by atoms with Gasteiger partial charge < -0.3 is 14.2 Å². The summed E-state index contributed by atoms with van der Waals surface area (Å²) >= 11 is 0. The molecule has 1 aromatic rings. The summed E-state index contributed by atoms with van der Waals surface area (Å²) in [5, 5.41) is 0. The Morgan fingerprint density at radius 2 is 1.71 bits per heavy atom. The van der Waals surface area contributed by atoms with Crippen LogP contribution in [0.3, 0.4) is 0 Å². The van der Waals surface area contributed by atoms with Crippen LogP contribution in [0, 0.1) is 5.41 Å². The largest absolute Gasteiger partial charge is 0.495 e. The number of benzene rings is 1. The van der Waals surface area contributed by atoms with Crippen molar-refractivity contribution >= 4 is 31.6 Å². The molecule has 3 fully saturated rings. The molecule has 0 unspecified atom stereocenters. The van der Waals surface area contributed by atoms with E-state index in [-0.39, 0.29) is 35.2 Å². The Labute approximate surface area is 182 Å². The van der Waals surface area contributed by atoms with Crippen molar-refractivity contribution < 1.29 is 35.8 Å². The topological polar surface area (TPSA) is 120 Å². The summed E-state index contributed by atoms with van der Waals surface area (Å²) in [6, 6.07) is 3.93. The van der Waals surface area contributed by atoms with E-state index in [1.54, 1.807) is 13.8 Å². The minimum absolute atomic E-state index is 0.0223. The maximum absolute atomic E-state index is 13.4. The van der Waals surface area contributed by atoms with Crippen molar-refractivity contribution in [3.05, 3.63) is 18.2 Å². The van der Waals surface area contributed by atoms with Gasteiger partial charge in [-0.05, 0) is 32.0 Å². The number of anilines is 1. The van der Waals surface area contributed by atoms with Gasteiger partial charge in [-0.1, -0.05) is 0 Å². The Morgan fingerprint density at radius 3 is 2.23 bits per heavy atom. The Morgan fingerprint density at radius 1 is 1.10 bits per heavy atom. The Kier molecular flexibility index (Phi) is 5.37. The van der Waals surface area contributed by atoms with Gasteiger partial charge in [-0.15, -0.1) is 0 Å². The van der Waals surface area contributed by atoms with Gasteiger partial charge in [-0.3, -0.25) is 4.79 Å². The monoisotopic (exact) mass is 474 g/mol. The SMILES string of the molecule is COc1ccc(N2C(=O)C(C)(C)CS2(=O)=O)cc1S(=O)(=O)N1CCC2(CC1)OCCO2. The molecule has 3 saturated heterocycles. The fraction of sp³-hybridized carbons (Fsp3) is 0.632. The van der Waals surface area contributed by atoms with E-state index in [1.807, 2.05) is 0 Å². The van der Waals surface area contributed by atoms with Crippen molar-refractivity contribution in [1.82, 2.24) is 4.31 Å². The van der Waals surface area contributed by atoms with E-state index in [4.69, 9.17) is 14.2 Å². The van der Waals surface area contributed by atoms with Crippen LogP contribution in [0.4, 0.5) is 5.69 Å². The number of methoxy groups -OCH3 is 1. The van der Waals surface area contributed by atoms with Crippen LogP contribution in [-0.4, -0.2) is 72.0 Å². The zero-order chi connectivity index (χ0) is 22.7. The van der Waals surface area contributed by atoms with E-state index in [0.29, 0.717) is 30.4 Å². The van der Waals surface area contributed by atoms with Gasteiger partial charge in [0.2, 0.25) is 26.0 Å². The third-order valence-corrected chi connectivity index (χ3v) is 9.82. The Balaban J connectivity index is 1.69. The third kappa shape index (κ3) is 3.74. The molecule has 4 rings (SSSR count). The summed E-state index contributed by atoms with van der Waals surface area (Å²) in [5.41, 5.74) is -1.12. The van der Waals surface area contributed by atoms with E-state index in [2.05, 4.69) is 0 Å². The van der Waals surface area contributed by atoms with Gasteiger partial charge >= 0.3 is 0 Å². The molecule has 0 bridgehead atoms. The number of piperidine rings is 1. The van der Waals surface area contributed by atoms with Gasteiger partial charge in [0.15, 0.2) is 5.79 Å². The highest BCUT2D eigenvalue weighted by Gasteiger charge is 2.50. The minimum atomic E-state index is -4.02. The van der Waals surface area contributed by atoms with Crippen LogP contribution >= 0.6 is 0 Å². The highest BCUT2D eigenvalue weighted by atomic mass is 32.2. The molecule has 3 aliphatic rings. The molecule has 0 radical (unpaired) electrons. The van der Waals surface area contributed by atoms with Gasteiger partial charge in [0.25, 0.3) is 0 Å². The lowest BCUT2D eigenvalue weighted by Crippen LogP contribution is -2.47. The molecule has 0 aliphatic carbocycles. The quantitative estimate of drug-likeness (QED) is 0.632. The summed E-state index contributed by atoms with van der Waals surface area (Å²) in [6.45, 7) is 4.43. The molecular weight excluding hydrogens is 448 g/mol. The standard InChI is InChI=1S/C19H26N2O8S2/c1-18(2)13-30(23,24)21(17(18)22)14-4-5-15(27-3)16(12-14)31(25,26)20-8-6-19(7-9-20)28-10-11-29-19/h4-5,12H,6-11,13H2,1-3H3. The first-order valence-corrected chi connectivity index (χ1v) is 13.0. The van der Waals surface area contributed by atoms with E-state index < -0.39 is 37.2 Å². The van der Waals surface area contributed by atoms with Crippen molar-refractivity contribution in [3.63, 3.8) is 0 Å². The van der Waals surface area contributed by atoms with E-state index in [1.165, 1.54) is 29.6 Å². The smallest absolute Gasteiger partial charge is 0.247 e. The molecule has 3 heterocycles. The number of hydrogen-bond donors (Lipinski definition) is 0. The zero-order valence-corrected chi connectivity index (χ0v) is 19.3. The number of hydrogen-bond acceptors (Lipinski definition) is 8. The maximum Gasteiger partial charge on any atom is 0.247 e. The lowest BCUT2D eigenvalue weighted by Gasteiger charge is -2.37. The van der Waals surface area contributed by atoms with E-state index in [9.17, 15) is 21.6 Å². The molecule has 0 atom stereocenters. The maximum atomic E-state index is 13.4. The first kappa shape index (κ1) is 22.5. The van der Waals surface area contributed by atoms with Crippen LogP contribution < -0.4 is 9.04 Å². The van der Waals surface area contributed by atoms with Crippen LogP contribution in [-0.2, 0) is 34.3 Å². The van der Waals surface area contributed by atoms with Gasteiger partial charge in [0.1, 0.15) is 10.6 Å². The fourth-order valence-corrected chi connectivity index (χ4v) is 7.96. The van der Waals surface area contributed by atoms with Crippen molar-refractivity contribution in [3.8, 4) is 5.75 Å². The summed E-state index contributed by atoms with van der Waals surface area (Å²) in [4.78, 5) is 12.5. The second kappa shape index (κ2) is 7.41. The molecule has 172 valence electrons. The summed E-state index contributed by atoms with van der Waals surface area (Å²) in [6.07, 6.45) is 0.781. The second-order valence-electron chi connectivity index (χ2n) is 8.56. The molecule has 10 nitrogen and oxygen atoms in total. The normalized spacial score (nSPS) is 25.3. The highest BCUT2D eigenvalue weighted by Crippen LogP contribution is 2.40. The van der Waals surface area contributed by atoms with E-state index in [0.717, 1.165) is 0 Å². The number of rotatable bonds is 4. The molecule has 0 N–H and O–H groups in total. The molecule has 1 amide bonds. The number of amides is 1. The van der Waals surface area contributed by atoms with Gasteiger partial charge in [0, 0.05) is 25.9 Å². The van der Waals surface area contributed by atoms with E-state index >= 15 is 0 Å². The first-order chi connectivity index (χ1) is 14.4. The molecule has 1 spiro atoms. The fourth-order valence-electron chi connectivity index (χ4n) is 4.25. The number of nitrogens with zero attached hydrogens (tertiary/aromatic N) is 2. The lowest BCUT2D eigenvalue weighted by molar-refractivity contribution is -0.179. The molecule has 0 saturated carbocycles. The predicted octanol–water partition coefficient (Wildman–Crippen LogP) is 0.925. The van der Waals surface area contributed by atoms with Crippen LogP contribution in [0.5, 0.6) is 5.75 Å². The Hall–Kier alpha value is -1.73. The van der Waals surface area contributed by atoms with Gasteiger partial charge in [-0.2, -0.15) is 4.31 Å². The van der Waals surface area contributed by atoms with Crippen molar-refractivity contribution in [2.45, 2.75) is 37.4 Å². The number of carbonyl (C=O) groups excluding carboxylic acids is 1. The lowest BCUT2D eigenvalue weighted by atomic mass is 9.95. The zero-order valence-electron chi connectivity index (χ0n) is 17.7. The van der Waals surface area contributed by atoms with Gasteiger partial charge in [0.05, 0.1) is 37.2 Å². The highest BCUT2D eigenvalue weighted by molar-refractivity contribution is 7.94. The average Bonchev–Trinajstić information content (AvgIpc) is 3.21. The average molecular weight is 475 g/mol. The van der Waals surface area contributed by atoms with Gasteiger partial charge in [-0.25, -0.2) is 21.1 Å². The van der Waals surface area contributed by atoms with Crippen LogP contribution in [0.25, 0.3) is 0 Å². The minimum Gasteiger partial charge on any atom is -0.495 e. The molecule has 0 aromatic heterocycles. The molecule has 1 aromatic carbocycles.